The van der Waals surface area contributed by atoms with Gasteiger partial charge in [-0.05, 0) is 11.1 Å². The van der Waals surface area contributed by atoms with Gasteiger partial charge in [0.2, 0.25) is 0 Å². The molecule has 0 spiro atoms. The van der Waals surface area contributed by atoms with E-state index in [4.69, 9.17) is 0 Å². The lowest BCUT2D eigenvalue weighted by Gasteiger charge is -1.98. The normalized spacial score (nSPS) is 9.18. The largest absolute Gasteiger partial charge is 0.452 e. The first-order chi connectivity index (χ1) is 8.47. The van der Waals surface area contributed by atoms with Crippen LogP contribution in [0.1, 0.15) is 0 Å². The van der Waals surface area contributed by atoms with Gasteiger partial charge in [0, 0.05) is 0 Å². The summed E-state index contributed by atoms with van der Waals surface area (Å²) >= 11 is 0. The van der Waals surface area contributed by atoms with Crippen LogP contribution in [0.3, 0.4) is 0 Å². The smallest absolute Gasteiger partial charge is 0.180 e. The van der Waals surface area contributed by atoms with E-state index in [0.29, 0.717) is 0 Å². The molecule has 2 aromatic carbocycles. The van der Waals surface area contributed by atoms with E-state index in [-0.39, 0.29) is 0 Å². The minimum absolute atomic E-state index is 1.28. The molecule has 0 aliphatic carbocycles. The molecule has 0 saturated heterocycles. The zero-order chi connectivity index (χ0) is 11.8. The fraction of sp³-hybridized carbons (Fsp3) is 0. The van der Waals surface area contributed by atoms with Crippen molar-refractivity contribution in [2.75, 3.05) is 0 Å². The summed E-state index contributed by atoms with van der Waals surface area (Å²) in [5.74, 6) is 0. The van der Waals surface area contributed by atoms with Crippen LogP contribution >= 0.6 is 0 Å². The standard InChI is InChI=1S/C12H10.C3H3NO/c1-3-7-11(8-4-1)12-9-5-2-6-10-12;1-2-5-3-4-1/h1-10H;1-3H. The Bertz CT molecular complexity index is 448. The Kier molecular flexibility index (Phi) is 4.12. The lowest BCUT2D eigenvalue weighted by Crippen LogP contribution is -1.73. The predicted octanol–water partition coefficient (Wildman–Crippen LogP) is 4.03. The molecule has 0 bridgehead atoms. The number of oxazole rings is 1. The van der Waals surface area contributed by atoms with E-state index >= 15 is 0 Å². The monoisotopic (exact) mass is 223 g/mol. The molecule has 3 rings (SSSR count). The molecular formula is C15H13NO. The minimum Gasteiger partial charge on any atom is -0.452 e. The summed E-state index contributed by atoms with van der Waals surface area (Å²) < 4.78 is 4.47. The van der Waals surface area contributed by atoms with Crippen molar-refractivity contribution in [1.82, 2.24) is 4.98 Å². The Hall–Kier alpha value is -2.35. The van der Waals surface area contributed by atoms with Crippen molar-refractivity contribution in [3.63, 3.8) is 0 Å². The highest BCUT2D eigenvalue weighted by molar-refractivity contribution is 5.62. The van der Waals surface area contributed by atoms with Crippen LogP contribution in [0.15, 0.2) is 83.9 Å². The zero-order valence-corrected chi connectivity index (χ0v) is 9.36. The highest BCUT2D eigenvalue weighted by Gasteiger charge is 1.91. The van der Waals surface area contributed by atoms with Gasteiger partial charge in [0.1, 0.15) is 6.26 Å². The van der Waals surface area contributed by atoms with E-state index in [0.717, 1.165) is 0 Å². The van der Waals surface area contributed by atoms with Gasteiger partial charge in [0.25, 0.3) is 0 Å². The van der Waals surface area contributed by atoms with E-state index in [2.05, 4.69) is 57.9 Å². The van der Waals surface area contributed by atoms with Crippen molar-refractivity contribution in [2.24, 2.45) is 0 Å². The maximum absolute atomic E-state index is 4.47. The first kappa shape index (κ1) is 11.1. The predicted molar refractivity (Wildman–Crippen MR) is 68.4 cm³/mol. The van der Waals surface area contributed by atoms with Crippen LogP contribution in [-0.2, 0) is 0 Å². The third-order valence-corrected chi connectivity index (χ3v) is 2.23. The minimum atomic E-state index is 1.28. The molecule has 0 atom stereocenters. The number of nitrogens with zero attached hydrogens (tertiary/aromatic N) is 1. The van der Waals surface area contributed by atoms with Gasteiger partial charge in [-0.3, -0.25) is 0 Å². The fourth-order valence-corrected chi connectivity index (χ4v) is 1.44. The highest BCUT2D eigenvalue weighted by atomic mass is 16.3. The van der Waals surface area contributed by atoms with E-state index in [9.17, 15) is 0 Å². The van der Waals surface area contributed by atoms with Gasteiger partial charge in [-0.15, -0.1) is 0 Å². The number of hydrogen-bond donors (Lipinski definition) is 0. The first-order valence-corrected chi connectivity index (χ1v) is 5.39. The molecule has 17 heavy (non-hydrogen) atoms. The number of rotatable bonds is 1. The van der Waals surface area contributed by atoms with Crippen molar-refractivity contribution in [3.05, 3.63) is 79.5 Å². The lowest BCUT2D eigenvalue weighted by atomic mass is 10.1. The zero-order valence-electron chi connectivity index (χ0n) is 9.36. The Morgan fingerprint density at radius 3 is 1.53 bits per heavy atom. The van der Waals surface area contributed by atoms with Crippen molar-refractivity contribution < 1.29 is 4.42 Å². The van der Waals surface area contributed by atoms with Crippen LogP contribution in [0, 0.1) is 0 Å². The molecule has 0 radical (unpaired) electrons. The molecule has 2 nitrogen and oxygen atoms in total. The number of aromatic nitrogens is 1. The molecule has 0 saturated carbocycles. The molecule has 84 valence electrons. The molecule has 0 fully saturated rings. The van der Waals surface area contributed by atoms with E-state index in [1.165, 1.54) is 23.8 Å². The third kappa shape index (κ3) is 3.61. The summed E-state index contributed by atoms with van der Waals surface area (Å²) in [6, 6.07) is 20.8. The summed E-state index contributed by atoms with van der Waals surface area (Å²) in [6.45, 7) is 0. The topological polar surface area (TPSA) is 26.0 Å². The Balaban J connectivity index is 0.000000181. The van der Waals surface area contributed by atoms with E-state index < -0.39 is 0 Å². The van der Waals surface area contributed by atoms with Crippen LogP contribution in [0.4, 0.5) is 0 Å². The molecule has 0 unspecified atom stereocenters. The van der Waals surface area contributed by atoms with E-state index in [1.54, 1.807) is 6.20 Å². The van der Waals surface area contributed by atoms with Gasteiger partial charge in [-0.25, -0.2) is 4.98 Å². The second-order valence-electron chi connectivity index (χ2n) is 3.41. The Morgan fingerprint density at radius 2 is 1.24 bits per heavy atom. The number of benzene rings is 2. The summed E-state index contributed by atoms with van der Waals surface area (Å²) in [6.07, 6.45) is 4.47. The SMILES string of the molecule is c1ccc(-c2ccccc2)cc1.c1cocn1. The molecule has 0 aliphatic rings. The van der Waals surface area contributed by atoms with Crippen molar-refractivity contribution >= 4 is 0 Å². The first-order valence-electron chi connectivity index (χ1n) is 5.39. The molecule has 0 N–H and O–H groups in total. The highest BCUT2D eigenvalue weighted by Crippen LogP contribution is 2.17. The van der Waals surface area contributed by atoms with Crippen molar-refractivity contribution in [2.45, 2.75) is 0 Å². The van der Waals surface area contributed by atoms with Gasteiger partial charge < -0.3 is 4.42 Å². The van der Waals surface area contributed by atoms with Crippen LogP contribution in [-0.4, -0.2) is 4.98 Å². The second-order valence-corrected chi connectivity index (χ2v) is 3.41. The molecule has 0 aliphatic heterocycles. The van der Waals surface area contributed by atoms with Gasteiger partial charge in [-0.2, -0.15) is 0 Å². The molecule has 3 aromatic rings. The van der Waals surface area contributed by atoms with Crippen LogP contribution in [0.5, 0.6) is 0 Å². The average Bonchev–Trinajstić information content (AvgIpc) is 3.00. The van der Waals surface area contributed by atoms with E-state index in [1.807, 2.05) is 12.1 Å². The third-order valence-electron chi connectivity index (χ3n) is 2.23. The molecular weight excluding hydrogens is 210 g/mol. The lowest BCUT2D eigenvalue weighted by molar-refractivity contribution is 0.558. The maximum atomic E-state index is 4.47. The summed E-state index contributed by atoms with van der Waals surface area (Å²) in [7, 11) is 0. The summed E-state index contributed by atoms with van der Waals surface area (Å²) in [5.41, 5.74) is 2.55. The Morgan fingerprint density at radius 1 is 0.706 bits per heavy atom. The average molecular weight is 223 g/mol. The van der Waals surface area contributed by atoms with Crippen LogP contribution in [0.2, 0.25) is 0 Å². The fourth-order valence-electron chi connectivity index (χ4n) is 1.44. The molecule has 2 heteroatoms. The quantitative estimate of drug-likeness (QED) is 0.622. The Labute approximate surface area is 101 Å². The second kappa shape index (κ2) is 6.28. The van der Waals surface area contributed by atoms with Gasteiger partial charge >= 0.3 is 0 Å². The number of hydrogen-bond acceptors (Lipinski definition) is 2. The maximum Gasteiger partial charge on any atom is 0.180 e. The van der Waals surface area contributed by atoms with Gasteiger partial charge in [0.15, 0.2) is 6.39 Å². The van der Waals surface area contributed by atoms with Crippen LogP contribution < -0.4 is 0 Å². The van der Waals surface area contributed by atoms with Gasteiger partial charge in [-0.1, -0.05) is 60.7 Å². The molecule has 1 aromatic heterocycles. The van der Waals surface area contributed by atoms with Crippen molar-refractivity contribution in [1.29, 1.82) is 0 Å². The van der Waals surface area contributed by atoms with Gasteiger partial charge in [0.05, 0.1) is 6.20 Å². The van der Waals surface area contributed by atoms with Crippen LogP contribution in [0.25, 0.3) is 11.1 Å². The summed E-state index contributed by atoms with van der Waals surface area (Å²) in [5, 5.41) is 0. The summed E-state index contributed by atoms with van der Waals surface area (Å²) in [4.78, 5) is 3.56. The molecule has 0 amide bonds. The molecule has 1 heterocycles. The van der Waals surface area contributed by atoms with Crippen molar-refractivity contribution in [3.8, 4) is 11.1 Å².